The number of aliphatic hydroxyl groups excluding tert-OH is 2. The molecule has 3 aliphatic rings. The second kappa shape index (κ2) is 6.39. The topological polar surface area (TPSA) is 98.6 Å². The molecule has 2 aromatic heterocycles. The van der Waals surface area contributed by atoms with E-state index in [-0.39, 0.29) is 35.6 Å². The SMILES string of the molecule is C[C@H]1[C@H](O)[C@@H](O)[C@H]2CN(c3ncnc4sccc34)C[C@@H]2[C@H]1C(=O)NC1CC1. The number of fused-ring (bicyclic) bond motifs is 2. The van der Waals surface area contributed by atoms with E-state index in [0.717, 1.165) is 28.9 Å². The van der Waals surface area contributed by atoms with Gasteiger partial charge in [-0.25, -0.2) is 9.97 Å². The average Bonchev–Trinajstić information content (AvgIpc) is 3.17. The monoisotopic (exact) mass is 388 g/mol. The Morgan fingerprint density at radius 1 is 1.22 bits per heavy atom. The van der Waals surface area contributed by atoms with E-state index in [9.17, 15) is 15.0 Å². The van der Waals surface area contributed by atoms with Crippen LogP contribution in [-0.4, -0.2) is 57.4 Å². The van der Waals surface area contributed by atoms with Gasteiger partial charge in [-0.15, -0.1) is 11.3 Å². The van der Waals surface area contributed by atoms with E-state index in [1.807, 2.05) is 18.4 Å². The number of aliphatic hydroxyl groups is 2. The molecule has 0 spiro atoms. The first-order chi connectivity index (χ1) is 13.0. The van der Waals surface area contributed by atoms with Gasteiger partial charge in [0.05, 0.1) is 17.6 Å². The first-order valence-corrected chi connectivity index (χ1v) is 10.5. The van der Waals surface area contributed by atoms with Crippen LogP contribution in [0.2, 0.25) is 0 Å². The Labute approximate surface area is 161 Å². The molecule has 0 bridgehead atoms. The van der Waals surface area contributed by atoms with Crippen LogP contribution in [0.15, 0.2) is 17.8 Å². The first kappa shape index (κ1) is 17.3. The van der Waals surface area contributed by atoms with Gasteiger partial charge in [0.1, 0.15) is 17.0 Å². The lowest BCUT2D eigenvalue weighted by atomic mass is 9.65. The highest BCUT2D eigenvalue weighted by molar-refractivity contribution is 7.16. The van der Waals surface area contributed by atoms with Crippen LogP contribution in [0.1, 0.15) is 19.8 Å². The molecular weight excluding hydrogens is 364 g/mol. The van der Waals surface area contributed by atoms with Crippen molar-refractivity contribution < 1.29 is 15.0 Å². The second-order valence-electron chi connectivity index (χ2n) is 8.22. The molecule has 5 rings (SSSR count). The van der Waals surface area contributed by atoms with Gasteiger partial charge in [0.25, 0.3) is 0 Å². The molecule has 8 heteroatoms. The molecule has 1 amide bonds. The molecule has 2 saturated carbocycles. The fourth-order valence-electron chi connectivity index (χ4n) is 4.92. The standard InChI is InChI=1S/C19H24N4O3S/c1-9-14(18(26)22-10-2-3-10)12-6-23(7-13(12)16(25)15(9)24)17-11-4-5-27-19(11)21-8-20-17/h4-5,8-10,12-16,24-25H,2-3,6-7H2,1H3,(H,22,26)/t9-,12+,13+,14+,15+,16+/m1/s1. The summed E-state index contributed by atoms with van der Waals surface area (Å²) >= 11 is 1.57. The third-order valence-corrected chi connectivity index (χ3v) is 7.35. The van der Waals surface area contributed by atoms with Gasteiger partial charge < -0.3 is 20.4 Å². The van der Waals surface area contributed by atoms with Gasteiger partial charge in [0.15, 0.2) is 0 Å². The maximum Gasteiger partial charge on any atom is 0.224 e. The number of rotatable bonds is 3. The Kier molecular flexibility index (Phi) is 4.10. The van der Waals surface area contributed by atoms with Crippen molar-refractivity contribution in [2.24, 2.45) is 23.7 Å². The van der Waals surface area contributed by atoms with E-state index in [4.69, 9.17) is 0 Å². The Hall–Kier alpha value is -1.77. The molecular formula is C19H24N4O3S. The van der Waals surface area contributed by atoms with Gasteiger partial charge in [-0.05, 0) is 36.1 Å². The lowest BCUT2D eigenvalue weighted by Crippen LogP contribution is -2.55. The smallest absolute Gasteiger partial charge is 0.224 e. The van der Waals surface area contributed by atoms with Gasteiger partial charge in [-0.2, -0.15) is 0 Å². The fourth-order valence-corrected chi connectivity index (χ4v) is 5.65. The summed E-state index contributed by atoms with van der Waals surface area (Å²) in [5.74, 6) is 0.170. The van der Waals surface area contributed by atoms with Crippen molar-refractivity contribution in [1.29, 1.82) is 0 Å². The highest BCUT2D eigenvalue weighted by Gasteiger charge is 2.54. The number of anilines is 1. The molecule has 2 aromatic rings. The zero-order valence-corrected chi connectivity index (χ0v) is 16.0. The van der Waals surface area contributed by atoms with Gasteiger partial charge in [-0.3, -0.25) is 4.79 Å². The van der Waals surface area contributed by atoms with Crippen molar-refractivity contribution in [2.75, 3.05) is 18.0 Å². The van der Waals surface area contributed by atoms with Crippen LogP contribution >= 0.6 is 11.3 Å². The number of carbonyl (C=O) groups excluding carboxylic acids is 1. The average molecular weight is 388 g/mol. The summed E-state index contributed by atoms with van der Waals surface area (Å²) in [6, 6.07) is 2.31. The highest BCUT2D eigenvalue weighted by atomic mass is 32.1. The quantitative estimate of drug-likeness (QED) is 0.726. The molecule has 0 radical (unpaired) electrons. The first-order valence-electron chi connectivity index (χ1n) is 9.64. The molecule has 3 N–H and O–H groups in total. The number of aromatic nitrogens is 2. The van der Waals surface area contributed by atoms with Crippen LogP contribution in [0.4, 0.5) is 5.82 Å². The van der Waals surface area contributed by atoms with Crippen LogP contribution < -0.4 is 10.2 Å². The molecule has 2 aliphatic carbocycles. The molecule has 0 aromatic carbocycles. The number of carbonyl (C=O) groups is 1. The fraction of sp³-hybridized carbons (Fsp3) is 0.632. The van der Waals surface area contributed by atoms with Gasteiger partial charge >= 0.3 is 0 Å². The molecule has 0 unspecified atom stereocenters. The van der Waals surface area contributed by atoms with Crippen LogP contribution in [0.25, 0.3) is 10.2 Å². The predicted molar refractivity (Wildman–Crippen MR) is 102 cm³/mol. The summed E-state index contributed by atoms with van der Waals surface area (Å²) in [5, 5.41) is 27.4. The van der Waals surface area contributed by atoms with E-state index >= 15 is 0 Å². The summed E-state index contributed by atoms with van der Waals surface area (Å²) in [7, 11) is 0. The van der Waals surface area contributed by atoms with Gasteiger partial charge in [0.2, 0.25) is 5.91 Å². The largest absolute Gasteiger partial charge is 0.390 e. The van der Waals surface area contributed by atoms with Crippen molar-refractivity contribution in [2.45, 2.75) is 38.0 Å². The Bertz CT molecular complexity index is 870. The maximum absolute atomic E-state index is 12.9. The van der Waals surface area contributed by atoms with Crippen molar-refractivity contribution in [3.8, 4) is 0 Å². The van der Waals surface area contributed by atoms with Crippen LogP contribution in [-0.2, 0) is 4.79 Å². The number of hydrogen-bond acceptors (Lipinski definition) is 7. The normalized spacial score (nSPS) is 36.0. The Balaban J connectivity index is 1.47. The minimum Gasteiger partial charge on any atom is -0.390 e. The summed E-state index contributed by atoms with van der Waals surface area (Å²) in [5.41, 5.74) is 0. The second-order valence-corrected chi connectivity index (χ2v) is 9.11. The number of thiophene rings is 1. The van der Waals surface area contributed by atoms with E-state index in [2.05, 4.69) is 20.2 Å². The van der Waals surface area contributed by atoms with Crippen molar-refractivity contribution >= 4 is 33.3 Å². The Morgan fingerprint density at radius 3 is 2.78 bits per heavy atom. The number of nitrogens with one attached hydrogen (secondary N) is 1. The van der Waals surface area contributed by atoms with E-state index in [0.29, 0.717) is 13.1 Å². The lowest BCUT2D eigenvalue weighted by Gasteiger charge is -2.43. The molecule has 7 nitrogen and oxygen atoms in total. The van der Waals surface area contributed by atoms with Crippen LogP contribution in [0.5, 0.6) is 0 Å². The van der Waals surface area contributed by atoms with Crippen LogP contribution in [0.3, 0.4) is 0 Å². The Morgan fingerprint density at radius 2 is 2.00 bits per heavy atom. The third-order valence-electron chi connectivity index (χ3n) is 6.53. The van der Waals surface area contributed by atoms with Crippen LogP contribution in [0, 0.1) is 23.7 Å². The van der Waals surface area contributed by atoms with E-state index in [1.54, 1.807) is 17.7 Å². The maximum atomic E-state index is 12.9. The summed E-state index contributed by atoms with van der Waals surface area (Å²) < 4.78 is 0. The predicted octanol–water partition coefficient (Wildman–Crippen LogP) is 1.01. The highest BCUT2D eigenvalue weighted by Crippen LogP contribution is 2.45. The van der Waals surface area contributed by atoms with Gasteiger partial charge in [0, 0.05) is 31.0 Å². The molecule has 3 heterocycles. The molecule has 27 heavy (non-hydrogen) atoms. The zero-order chi connectivity index (χ0) is 18.7. The van der Waals surface area contributed by atoms with Crippen molar-refractivity contribution in [1.82, 2.24) is 15.3 Å². The van der Waals surface area contributed by atoms with E-state index in [1.165, 1.54) is 0 Å². The zero-order valence-electron chi connectivity index (χ0n) is 15.2. The molecule has 1 aliphatic heterocycles. The van der Waals surface area contributed by atoms with Gasteiger partial charge in [-0.1, -0.05) is 6.92 Å². The summed E-state index contributed by atoms with van der Waals surface area (Å²) in [6.07, 6.45) is 1.94. The number of nitrogens with zero attached hydrogens (tertiary/aromatic N) is 3. The minimum absolute atomic E-state index is 0.000742. The summed E-state index contributed by atoms with van der Waals surface area (Å²) in [6.45, 7) is 3.12. The number of hydrogen-bond donors (Lipinski definition) is 3. The number of amides is 1. The molecule has 3 fully saturated rings. The lowest BCUT2D eigenvalue weighted by molar-refractivity contribution is -0.145. The molecule has 1 saturated heterocycles. The third kappa shape index (κ3) is 2.81. The minimum atomic E-state index is -0.882. The molecule has 6 atom stereocenters. The van der Waals surface area contributed by atoms with Crippen molar-refractivity contribution in [3.63, 3.8) is 0 Å². The molecule has 144 valence electrons. The summed E-state index contributed by atoms with van der Waals surface area (Å²) in [4.78, 5) is 24.8. The van der Waals surface area contributed by atoms with Crippen molar-refractivity contribution in [3.05, 3.63) is 17.8 Å². The van der Waals surface area contributed by atoms with E-state index < -0.39 is 12.2 Å².